The first kappa shape index (κ1) is 13.9. The van der Waals surface area contributed by atoms with Gasteiger partial charge in [0.05, 0.1) is 6.10 Å². The molecule has 0 aliphatic carbocycles. The molecule has 0 aromatic heterocycles. The fraction of sp³-hybridized carbons (Fsp3) is 0.308. The van der Waals surface area contributed by atoms with Gasteiger partial charge in [-0.05, 0) is 17.7 Å². The second-order valence-electron chi connectivity index (χ2n) is 3.43. The summed E-state index contributed by atoms with van der Waals surface area (Å²) in [6.07, 6.45) is 2.90. The quantitative estimate of drug-likeness (QED) is 0.671. The number of hydrogen-bond acceptors (Lipinski definition) is 3. The minimum atomic E-state index is -0.703. The molecule has 1 unspecified atom stereocenters. The topological polar surface area (TPSA) is 46.5 Å². The largest absolute Gasteiger partial charge is 0.461 e. The fourth-order valence-electron chi connectivity index (χ4n) is 1.25. The van der Waals surface area contributed by atoms with Gasteiger partial charge in [-0.15, -0.1) is 0 Å². The van der Waals surface area contributed by atoms with E-state index in [2.05, 4.69) is 15.9 Å². The molecule has 1 aromatic rings. The van der Waals surface area contributed by atoms with Crippen molar-refractivity contribution in [3.63, 3.8) is 0 Å². The standard InChI is InChI=1S/C13H15BrO3/c1-2-13(16)17-9-5-8-12(15)10-6-3-4-7-11(10)14/h3-8,12,15H,2,9H2,1H3/b8-5+. The van der Waals surface area contributed by atoms with E-state index in [1.54, 1.807) is 19.1 Å². The molecule has 1 atom stereocenters. The lowest BCUT2D eigenvalue weighted by Gasteiger charge is -2.08. The van der Waals surface area contributed by atoms with Crippen LogP contribution in [-0.4, -0.2) is 17.7 Å². The van der Waals surface area contributed by atoms with Gasteiger partial charge in [0.2, 0.25) is 0 Å². The normalized spacial score (nSPS) is 12.6. The molecule has 92 valence electrons. The van der Waals surface area contributed by atoms with Crippen LogP contribution in [0.2, 0.25) is 0 Å². The number of hydrogen-bond donors (Lipinski definition) is 1. The number of benzene rings is 1. The van der Waals surface area contributed by atoms with E-state index in [4.69, 9.17) is 4.74 Å². The van der Waals surface area contributed by atoms with E-state index in [-0.39, 0.29) is 12.6 Å². The third-order valence-corrected chi connectivity index (χ3v) is 2.89. The highest BCUT2D eigenvalue weighted by molar-refractivity contribution is 9.10. The smallest absolute Gasteiger partial charge is 0.305 e. The molecular weight excluding hydrogens is 284 g/mol. The Morgan fingerprint density at radius 1 is 1.53 bits per heavy atom. The van der Waals surface area contributed by atoms with E-state index in [0.29, 0.717) is 6.42 Å². The van der Waals surface area contributed by atoms with E-state index in [0.717, 1.165) is 10.0 Å². The van der Waals surface area contributed by atoms with Gasteiger partial charge in [0.25, 0.3) is 0 Å². The van der Waals surface area contributed by atoms with Crippen molar-refractivity contribution in [3.05, 3.63) is 46.5 Å². The zero-order valence-corrected chi connectivity index (χ0v) is 11.2. The summed E-state index contributed by atoms with van der Waals surface area (Å²) in [7, 11) is 0. The van der Waals surface area contributed by atoms with Crippen molar-refractivity contribution < 1.29 is 14.6 Å². The summed E-state index contributed by atoms with van der Waals surface area (Å²) in [6, 6.07) is 7.43. The Morgan fingerprint density at radius 2 is 2.24 bits per heavy atom. The summed E-state index contributed by atoms with van der Waals surface area (Å²) in [5.74, 6) is -0.245. The molecule has 0 saturated carbocycles. The predicted molar refractivity (Wildman–Crippen MR) is 69.5 cm³/mol. The number of carbonyl (C=O) groups excluding carboxylic acids is 1. The highest BCUT2D eigenvalue weighted by Gasteiger charge is 2.06. The maximum atomic E-state index is 10.9. The first-order valence-electron chi connectivity index (χ1n) is 5.40. The summed E-state index contributed by atoms with van der Waals surface area (Å²) in [5, 5.41) is 9.87. The summed E-state index contributed by atoms with van der Waals surface area (Å²) < 4.78 is 5.71. The Balaban J connectivity index is 2.49. The van der Waals surface area contributed by atoms with Crippen LogP contribution in [0.1, 0.15) is 25.0 Å². The zero-order valence-electron chi connectivity index (χ0n) is 9.60. The van der Waals surface area contributed by atoms with E-state index < -0.39 is 6.10 Å². The molecule has 1 aromatic carbocycles. The van der Waals surface area contributed by atoms with Crippen LogP contribution in [0.5, 0.6) is 0 Å². The number of halogens is 1. The maximum absolute atomic E-state index is 10.9. The van der Waals surface area contributed by atoms with E-state index in [1.807, 2.05) is 24.3 Å². The molecular formula is C13H15BrO3. The second-order valence-corrected chi connectivity index (χ2v) is 4.29. The third-order valence-electron chi connectivity index (χ3n) is 2.17. The summed E-state index contributed by atoms with van der Waals surface area (Å²) in [6.45, 7) is 1.93. The number of esters is 1. The van der Waals surface area contributed by atoms with Gasteiger partial charge in [-0.25, -0.2) is 0 Å². The van der Waals surface area contributed by atoms with Crippen LogP contribution in [0.3, 0.4) is 0 Å². The second kappa shape index (κ2) is 7.25. The Bertz CT molecular complexity index is 401. The Kier molecular flexibility index (Phi) is 5.94. The average molecular weight is 299 g/mol. The van der Waals surface area contributed by atoms with Gasteiger partial charge in [-0.3, -0.25) is 4.79 Å². The Morgan fingerprint density at radius 3 is 2.88 bits per heavy atom. The average Bonchev–Trinajstić information content (AvgIpc) is 2.34. The number of aliphatic hydroxyl groups excluding tert-OH is 1. The van der Waals surface area contributed by atoms with Gasteiger partial charge in [0.15, 0.2) is 0 Å². The molecule has 0 spiro atoms. The monoisotopic (exact) mass is 298 g/mol. The van der Waals surface area contributed by atoms with Crippen LogP contribution >= 0.6 is 15.9 Å². The lowest BCUT2D eigenvalue weighted by atomic mass is 10.1. The third kappa shape index (κ3) is 4.71. The zero-order chi connectivity index (χ0) is 12.7. The molecule has 1 rings (SSSR count). The molecule has 3 nitrogen and oxygen atoms in total. The molecule has 0 bridgehead atoms. The van der Waals surface area contributed by atoms with Gasteiger partial charge >= 0.3 is 5.97 Å². The Labute approximate surface area is 109 Å². The summed E-state index contributed by atoms with van der Waals surface area (Å²) >= 11 is 3.36. The molecule has 0 heterocycles. The van der Waals surface area contributed by atoms with Crippen molar-refractivity contribution in [2.75, 3.05) is 6.61 Å². The van der Waals surface area contributed by atoms with Gasteiger partial charge in [-0.1, -0.05) is 47.1 Å². The van der Waals surface area contributed by atoms with Gasteiger partial charge in [0, 0.05) is 10.9 Å². The van der Waals surface area contributed by atoms with Crippen molar-refractivity contribution in [1.82, 2.24) is 0 Å². The van der Waals surface area contributed by atoms with Crippen molar-refractivity contribution in [3.8, 4) is 0 Å². The number of carbonyl (C=O) groups is 1. The van der Waals surface area contributed by atoms with Crippen LogP contribution in [0.15, 0.2) is 40.9 Å². The van der Waals surface area contributed by atoms with Gasteiger partial charge in [0.1, 0.15) is 6.61 Å². The maximum Gasteiger partial charge on any atom is 0.305 e. The molecule has 4 heteroatoms. The minimum absolute atomic E-state index is 0.189. The van der Waals surface area contributed by atoms with E-state index >= 15 is 0 Å². The van der Waals surface area contributed by atoms with E-state index in [1.165, 1.54) is 0 Å². The SMILES string of the molecule is CCC(=O)OC/C=C/C(O)c1ccccc1Br. The molecule has 17 heavy (non-hydrogen) atoms. The highest BCUT2D eigenvalue weighted by Crippen LogP contribution is 2.23. The highest BCUT2D eigenvalue weighted by atomic mass is 79.9. The van der Waals surface area contributed by atoms with Crippen LogP contribution in [0, 0.1) is 0 Å². The fourth-order valence-corrected chi connectivity index (χ4v) is 1.77. The predicted octanol–water partition coefficient (Wildman–Crippen LogP) is 2.99. The molecule has 0 aliphatic heterocycles. The minimum Gasteiger partial charge on any atom is -0.461 e. The number of aliphatic hydroxyl groups is 1. The summed E-state index contributed by atoms with van der Waals surface area (Å²) in [5.41, 5.74) is 0.783. The first-order valence-corrected chi connectivity index (χ1v) is 6.19. The van der Waals surface area contributed by atoms with Crippen molar-refractivity contribution in [2.45, 2.75) is 19.4 Å². The number of ether oxygens (including phenoxy) is 1. The molecule has 0 amide bonds. The van der Waals surface area contributed by atoms with Crippen molar-refractivity contribution >= 4 is 21.9 Å². The lowest BCUT2D eigenvalue weighted by molar-refractivity contribution is -0.141. The molecule has 1 N–H and O–H groups in total. The molecule has 0 aliphatic rings. The summed E-state index contributed by atoms with van der Waals surface area (Å²) in [4.78, 5) is 10.9. The van der Waals surface area contributed by atoms with Crippen LogP contribution in [0.4, 0.5) is 0 Å². The van der Waals surface area contributed by atoms with Gasteiger partial charge < -0.3 is 9.84 Å². The van der Waals surface area contributed by atoms with Crippen molar-refractivity contribution in [1.29, 1.82) is 0 Å². The van der Waals surface area contributed by atoms with Crippen LogP contribution < -0.4 is 0 Å². The van der Waals surface area contributed by atoms with Crippen LogP contribution in [0.25, 0.3) is 0 Å². The van der Waals surface area contributed by atoms with Crippen molar-refractivity contribution in [2.24, 2.45) is 0 Å². The van der Waals surface area contributed by atoms with E-state index in [9.17, 15) is 9.90 Å². The first-order chi connectivity index (χ1) is 8.15. The lowest BCUT2D eigenvalue weighted by Crippen LogP contribution is -2.02. The van der Waals surface area contributed by atoms with Gasteiger partial charge in [-0.2, -0.15) is 0 Å². The number of rotatable bonds is 5. The molecule has 0 fully saturated rings. The Hall–Kier alpha value is -1.13. The molecule has 0 radical (unpaired) electrons. The van der Waals surface area contributed by atoms with Crippen LogP contribution in [-0.2, 0) is 9.53 Å². The molecule has 0 saturated heterocycles.